The van der Waals surface area contributed by atoms with Crippen molar-refractivity contribution in [3.63, 3.8) is 0 Å². The van der Waals surface area contributed by atoms with Gasteiger partial charge in [-0.2, -0.15) is 0 Å². The lowest BCUT2D eigenvalue weighted by Gasteiger charge is -2.64. The van der Waals surface area contributed by atoms with Crippen molar-refractivity contribution in [3.8, 4) is 11.5 Å². The summed E-state index contributed by atoms with van der Waals surface area (Å²) in [5, 5.41) is 0. The predicted molar refractivity (Wildman–Crippen MR) is 98.9 cm³/mol. The monoisotopic (exact) mass is 374 g/mol. The van der Waals surface area contributed by atoms with Gasteiger partial charge in [-0.25, -0.2) is 9.18 Å². The summed E-state index contributed by atoms with van der Waals surface area (Å²) < 4.78 is 30.8. The second kappa shape index (κ2) is 5.94. The first-order valence-corrected chi connectivity index (χ1v) is 9.41. The van der Waals surface area contributed by atoms with Crippen LogP contribution in [0.3, 0.4) is 0 Å². The zero-order chi connectivity index (χ0) is 19.6. The van der Waals surface area contributed by atoms with Crippen LogP contribution in [-0.4, -0.2) is 37.5 Å². The van der Waals surface area contributed by atoms with Gasteiger partial charge in [-0.1, -0.05) is 13.8 Å². The van der Waals surface area contributed by atoms with Gasteiger partial charge in [0.1, 0.15) is 5.82 Å². The standard InChI is InChI=1S/C21H26FNO4/c1-20(2)12-8-17(20)21(3)18(9-12)23-14(19(24)27-21)6-11-7-15(25-4)16(26-5)10-13(11)22/h7,10,12,14,17H,6,8-9H2,1-5H3/t12-,14-,17-,21-/m0/s1/i22-1. The Balaban J connectivity index is 1.63. The van der Waals surface area contributed by atoms with E-state index < -0.39 is 17.5 Å². The van der Waals surface area contributed by atoms with Crippen molar-refractivity contribution >= 4 is 11.7 Å². The van der Waals surface area contributed by atoms with E-state index in [1.807, 2.05) is 6.92 Å². The Morgan fingerprint density at radius 2 is 1.89 bits per heavy atom. The lowest BCUT2D eigenvalue weighted by atomic mass is 9.43. The molecule has 5 rings (SSSR count). The van der Waals surface area contributed by atoms with Crippen molar-refractivity contribution in [2.24, 2.45) is 22.2 Å². The number of halogens is 1. The molecule has 3 fully saturated rings. The molecule has 0 N–H and O–H groups in total. The number of carbonyl (C=O) groups excluding carboxylic acids is 1. The van der Waals surface area contributed by atoms with Gasteiger partial charge in [-0.15, -0.1) is 0 Å². The first-order valence-electron chi connectivity index (χ1n) is 9.41. The number of benzene rings is 1. The second-order valence-electron chi connectivity index (χ2n) is 8.63. The van der Waals surface area contributed by atoms with E-state index in [0.29, 0.717) is 28.9 Å². The average molecular weight is 374 g/mol. The van der Waals surface area contributed by atoms with Crippen LogP contribution in [0.25, 0.3) is 0 Å². The third-order valence-corrected chi connectivity index (χ3v) is 7.01. The van der Waals surface area contributed by atoms with Crippen molar-refractivity contribution < 1.29 is 23.4 Å². The number of ether oxygens (including phenoxy) is 3. The number of rotatable bonds is 4. The Morgan fingerprint density at radius 1 is 1.22 bits per heavy atom. The molecule has 5 nitrogen and oxygen atoms in total. The third-order valence-electron chi connectivity index (χ3n) is 7.01. The van der Waals surface area contributed by atoms with Gasteiger partial charge in [0.25, 0.3) is 0 Å². The maximum atomic E-state index is 14.5. The first kappa shape index (κ1) is 18.3. The molecule has 0 radical (unpaired) electrons. The number of nitrogens with zero attached hydrogens (tertiary/aromatic N) is 1. The Labute approximate surface area is 158 Å². The highest BCUT2D eigenvalue weighted by Crippen LogP contribution is 2.63. The van der Waals surface area contributed by atoms with Crippen molar-refractivity contribution in [2.45, 2.75) is 51.7 Å². The van der Waals surface area contributed by atoms with E-state index in [4.69, 9.17) is 19.2 Å². The van der Waals surface area contributed by atoms with Gasteiger partial charge in [-0.3, -0.25) is 4.99 Å². The summed E-state index contributed by atoms with van der Waals surface area (Å²) in [5.74, 6) is 0.794. The van der Waals surface area contributed by atoms with Crippen LogP contribution < -0.4 is 9.47 Å². The Bertz CT molecular complexity index is 834. The number of methoxy groups -OCH3 is 2. The van der Waals surface area contributed by atoms with Gasteiger partial charge in [0.05, 0.1) is 19.9 Å². The summed E-state index contributed by atoms with van der Waals surface area (Å²) in [7, 11) is 2.95. The van der Waals surface area contributed by atoms with Crippen LogP contribution in [0.2, 0.25) is 0 Å². The van der Waals surface area contributed by atoms with Gasteiger partial charge < -0.3 is 14.2 Å². The molecule has 4 atom stereocenters. The molecule has 1 aromatic carbocycles. The topological polar surface area (TPSA) is 57.1 Å². The molecule has 3 aliphatic carbocycles. The maximum Gasteiger partial charge on any atom is 0.332 e. The molecular weight excluding hydrogens is 348 g/mol. The average Bonchev–Trinajstić information content (AvgIpc) is 2.62. The van der Waals surface area contributed by atoms with Crippen LogP contribution in [0, 0.1) is 23.1 Å². The summed E-state index contributed by atoms with van der Waals surface area (Å²) in [6.07, 6.45) is 2.06. The number of aliphatic imine (C=N–C) groups is 1. The molecule has 0 unspecified atom stereocenters. The fourth-order valence-corrected chi connectivity index (χ4v) is 5.15. The van der Waals surface area contributed by atoms with Gasteiger partial charge in [0, 0.05) is 18.4 Å². The van der Waals surface area contributed by atoms with E-state index >= 15 is 0 Å². The normalized spacial score (nSPS) is 33.3. The molecule has 0 aromatic heterocycles. The summed E-state index contributed by atoms with van der Waals surface area (Å²) >= 11 is 0. The molecule has 146 valence electrons. The predicted octanol–water partition coefficient (Wildman–Crippen LogP) is 3.58. The van der Waals surface area contributed by atoms with E-state index in [0.717, 1.165) is 18.6 Å². The molecule has 3 saturated carbocycles. The van der Waals surface area contributed by atoms with Crippen LogP contribution in [0.15, 0.2) is 17.1 Å². The van der Waals surface area contributed by atoms with Crippen LogP contribution >= 0.6 is 0 Å². The molecule has 0 saturated heterocycles. The summed E-state index contributed by atoms with van der Waals surface area (Å²) in [6.45, 7) is 6.47. The fourth-order valence-electron chi connectivity index (χ4n) is 5.15. The first-order chi connectivity index (χ1) is 12.7. The van der Waals surface area contributed by atoms with Crippen molar-refractivity contribution in [3.05, 3.63) is 23.5 Å². The Hall–Kier alpha value is -2.11. The molecule has 0 amide bonds. The van der Waals surface area contributed by atoms with Gasteiger partial charge in [0.2, 0.25) is 0 Å². The highest BCUT2D eigenvalue weighted by molar-refractivity contribution is 6.00. The fraction of sp³-hybridized carbons (Fsp3) is 0.619. The van der Waals surface area contributed by atoms with Gasteiger partial charge in [-0.05, 0) is 42.7 Å². The van der Waals surface area contributed by atoms with Crippen LogP contribution in [-0.2, 0) is 16.0 Å². The Morgan fingerprint density at radius 3 is 2.52 bits per heavy atom. The molecule has 1 heterocycles. The lowest BCUT2D eigenvalue weighted by Crippen LogP contribution is -2.68. The number of hydrogen-bond acceptors (Lipinski definition) is 5. The van der Waals surface area contributed by atoms with E-state index in [1.54, 1.807) is 6.07 Å². The molecule has 6 heteroatoms. The number of esters is 1. The Kier molecular flexibility index (Phi) is 4.02. The highest BCUT2D eigenvalue weighted by atomic mass is 18.2. The van der Waals surface area contributed by atoms with Gasteiger partial charge in [0.15, 0.2) is 23.1 Å². The maximum absolute atomic E-state index is 14.5. The molecule has 2 bridgehead atoms. The van der Waals surface area contributed by atoms with Crippen molar-refractivity contribution in [1.29, 1.82) is 0 Å². The molecule has 0 spiro atoms. The minimum Gasteiger partial charge on any atom is -0.493 e. The summed E-state index contributed by atoms with van der Waals surface area (Å²) in [6, 6.07) is 2.12. The molecule has 27 heavy (non-hydrogen) atoms. The van der Waals surface area contributed by atoms with Crippen LogP contribution in [0.5, 0.6) is 11.5 Å². The smallest absolute Gasteiger partial charge is 0.332 e. The molecule has 1 aromatic rings. The SMILES string of the molecule is COc1cc([18F])c(C[C@@H]2N=C3C[C@@H]4C[C@@H](C4(C)C)[C@]3(C)OC2=O)cc1OC. The quantitative estimate of drug-likeness (QED) is 0.756. The summed E-state index contributed by atoms with van der Waals surface area (Å²) in [4.78, 5) is 17.5. The van der Waals surface area contributed by atoms with E-state index in [2.05, 4.69) is 13.8 Å². The molecule has 1 aliphatic heterocycles. The third kappa shape index (κ3) is 2.56. The molecular formula is C21H26FNO4. The molecule has 4 aliphatic rings. The zero-order valence-corrected chi connectivity index (χ0v) is 16.5. The minimum absolute atomic E-state index is 0.142. The van der Waals surface area contributed by atoms with E-state index in [9.17, 15) is 9.18 Å². The van der Waals surface area contributed by atoms with E-state index in [-0.39, 0.29) is 17.8 Å². The lowest BCUT2D eigenvalue weighted by molar-refractivity contribution is -0.187. The van der Waals surface area contributed by atoms with Crippen LogP contribution in [0.4, 0.5) is 4.39 Å². The number of carbonyl (C=O) groups is 1. The van der Waals surface area contributed by atoms with Crippen molar-refractivity contribution in [1.82, 2.24) is 0 Å². The van der Waals surface area contributed by atoms with E-state index in [1.165, 1.54) is 20.3 Å². The van der Waals surface area contributed by atoms with Crippen molar-refractivity contribution in [2.75, 3.05) is 14.2 Å². The number of hydrogen-bond donors (Lipinski definition) is 0. The van der Waals surface area contributed by atoms with Gasteiger partial charge >= 0.3 is 5.97 Å². The zero-order valence-electron chi connectivity index (χ0n) is 16.5. The second-order valence-corrected chi connectivity index (χ2v) is 8.63. The summed E-state index contributed by atoms with van der Waals surface area (Å²) in [5.41, 5.74) is 0.857. The highest BCUT2D eigenvalue weighted by Gasteiger charge is 2.65. The van der Waals surface area contributed by atoms with Crippen LogP contribution in [0.1, 0.15) is 39.2 Å². The minimum atomic E-state index is -0.721. The largest absolute Gasteiger partial charge is 0.493 e.